The van der Waals surface area contributed by atoms with Crippen molar-refractivity contribution < 1.29 is 19.1 Å². The lowest BCUT2D eigenvalue weighted by Gasteiger charge is -2.35. The highest BCUT2D eigenvalue weighted by atomic mass is 32.1. The van der Waals surface area contributed by atoms with Crippen molar-refractivity contribution in [1.29, 1.82) is 0 Å². The highest BCUT2D eigenvalue weighted by Gasteiger charge is 2.19. The number of hydrogen-bond acceptors (Lipinski definition) is 11. The Morgan fingerprint density at radius 3 is 2.67 bits per heavy atom. The van der Waals surface area contributed by atoms with E-state index in [1.807, 2.05) is 13.0 Å². The van der Waals surface area contributed by atoms with Crippen LogP contribution in [0.25, 0.3) is 0 Å². The summed E-state index contributed by atoms with van der Waals surface area (Å²) in [6.07, 6.45) is 1.50. The molecule has 162 valence electrons. The maximum Gasteiger partial charge on any atom is 0.350 e. The molecule has 0 unspecified atom stereocenters. The Hall–Kier alpha value is -2.79. The van der Waals surface area contributed by atoms with Crippen LogP contribution in [0, 0.1) is 6.92 Å². The van der Waals surface area contributed by atoms with Gasteiger partial charge in [-0.25, -0.2) is 19.7 Å². The fraction of sp³-hybridized carbons (Fsp3) is 0.526. The van der Waals surface area contributed by atoms with Crippen molar-refractivity contribution in [1.82, 2.24) is 19.9 Å². The maximum absolute atomic E-state index is 11.8. The van der Waals surface area contributed by atoms with Crippen molar-refractivity contribution in [2.24, 2.45) is 0 Å². The number of thiazole rings is 1. The van der Waals surface area contributed by atoms with Gasteiger partial charge >= 0.3 is 11.9 Å². The first-order valence-corrected chi connectivity index (χ1v) is 10.6. The molecular weight excluding hydrogens is 408 g/mol. The summed E-state index contributed by atoms with van der Waals surface area (Å²) < 4.78 is 10.0. The van der Waals surface area contributed by atoms with Crippen molar-refractivity contribution in [3.63, 3.8) is 0 Å². The second-order valence-corrected chi connectivity index (χ2v) is 7.73. The molecule has 1 N–H and O–H groups in total. The number of nitrogens with one attached hydrogen (secondary N) is 1. The lowest BCUT2D eigenvalue weighted by molar-refractivity contribution is -0.141. The summed E-state index contributed by atoms with van der Waals surface area (Å²) >= 11 is 1.22. The molecule has 1 aliphatic heterocycles. The third kappa shape index (κ3) is 6.10. The lowest BCUT2D eigenvalue weighted by atomic mass is 10.3. The number of esters is 2. The van der Waals surface area contributed by atoms with Crippen LogP contribution in [0.2, 0.25) is 0 Å². The van der Waals surface area contributed by atoms with Gasteiger partial charge in [0.25, 0.3) is 0 Å². The molecule has 30 heavy (non-hydrogen) atoms. The Balaban J connectivity index is 1.59. The number of rotatable bonds is 8. The smallest absolute Gasteiger partial charge is 0.350 e. The number of nitrogens with zero attached hydrogens (tertiary/aromatic N) is 5. The van der Waals surface area contributed by atoms with E-state index in [9.17, 15) is 9.59 Å². The van der Waals surface area contributed by atoms with Crippen molar-refractivity contribution in [3.05, 3.63) is 23.0 Å². The molecule has 0 amide bonds. The first kappa shape index (κ1) is 21.9. The Kier molecular flexibility index (Phi) is 7.52. The molecule has 0 atom stereocenters. The Labute approximate surface area is 179 Å². The monoisotopic (exact) mass is 434 g/mol. The van der Waals surface area contributed by atoms with E-state index in [0.717, 1.165) is 38.5 Å². The molecule has 0 spiro atoms. The molecule has 0 aliphatic carbocycles. The first-order valence-electron chi connectivity index (χ1n) is 9.81. The van der Waals surface area contributed by atoms with Gasteiger partial charge in [-0.1, -0.05) is 11.3 Å². The van der Waals surface area contributed by atoms with Crippen molar-refractivity contribution in [3.8, 4) is 0 Å². The predicted molar refractivity (Wildman–Crippen MR) is 113 cm³/mol. The van der Waals surface area contributed by atoms with Gasteiger partial charge in [0.1, 0.15) is 28.9 Å². The number of aryl methyl sites for hydroxylation is 1. The molecule has 1 aliphatic rings. The molecule has 11 heteroatoms. The molecule has 0 radical (unpaired) electrons. The SMILES string of the molecule is CCOC(=O)c1cnc(Nc2cc(N3CCN(CCOC(C)=O)CC3)nc(C)n2)s1. The molecular formula is C19H26N6O4S. The molecule has 2 aromatic rings. The standard InChI is InChI=1S/C19H26N6O4S/c1-4-28-18(27)15-12-20-19(30-15)23-16-11-17(22-13(2)21-16)25-7-5-24(6-8-25)9-10-29-14(3)26/h11-12H,4-10H2,1-3H3,(H,20,21,22,23). The van der Waals surface area contributed by atoms with Gasteiger partial charge < -0.3 is 19.7 Å². The number of carbonyl (C=O) groups excluding carboxylic acids is 2. The highest BCUT2D eigenvalue weighted by Crippen LogP contribution is 2.24. The quantitative estimate of drug-likeness (QED) is 0.618. The second kappa shape index (κ2) is 10.3. The van der Waals surface area contributed by atoms with Gasteiger partial charge in [0.15, 0.2) is 5.13 Å². The van der Waals surface area contributed by atoms with Crippen LogP contribution in [0.15, 0.2) is 12.3 Å². The van der Waals surface area contributed by atoms with E-state index >= 15 is 0 Å². The van der Waals surface area contributed by atoms with Crippen LogP contribution in [-0.4, -0.2) is 77.7 Å². The largest absolute Gasteiger partial charge is 0.465 e. The van der Waals surface area contributed by atoms with Gasteiger partial charge in [-0.2, -0.15) is 0 Å². The summed E-state index contributed by atoms with van der Waals surface area (Å²) in [5.41, 5.74) is 0. The second-order valence-electron chi connectivity index (χ2n) is 6.70. The zero-order valence-electron chi connectivity index (χ0n) is 17.4. The third-order valence-electron chi connectivity index (χ3n) is 4.45. The van der Waals surface area contributed by atoms with E-state index in [1.165, 1.54) is 24.5 Å². The van der Waals surface area contributed by atoms with Gasteiger partial charge in [0.05, 0.1) is 12.8 Å². The molecule has 0 bridgehead atoms. The average molecular weight is 435 g/mol. The van der Waals surface area contributed by atoms with Crippen LogP contribution in [-0.2, 0) is 14.3 Å². The third-order valence-corrected chi connectivity index (χ3v) is 5.34. The van der Waals surface area contributed by atoms with Gasteiger partial charge in [-0.05, 0) is 13.8 Å². The van der Waals surface area contributed by atoms with Crippen molar-refractivity contribution in [2.45, 2.75) is 20.8 Å². The van der Waals surface area contributed by atoms with E-state index in [1.54, 1.807) is 6.92 Å². The summed E-state index contributed by atoms with van der Waals surface area (Å²) in [6, 6.07) is 1.88. The minimum absolute atomic E-state index is 0.250. The molecule has 0 aromatic carbocycles. The Morgan fingerprint density at radius 2 is 1.97 bits per heavy atom. The summed E-state index contributed by atoms with van der Waals surface area (Å²) in [4.78, 5) is 40.8. The molecule has 2 aromatic heterocycles. The fourth-order valence-electron chi connectivity index (χ4n) is 3.04. The number of piperazine rings is 1. The van der Waals surface area contributed by atoms with E-state index in [-0.39, 0.29) is 11.9 Å². The summed E-state index contributed by atoms with van der Waals surface area (Å²) in [5.74, 6) is 1.48. The fourth-order valence-corrected chi connectivity index (χ4v) is 3.75. The highest BCUT2D eigenvalue weighted by molar-refractivity contribution is 7.17. The van der Waals surface area contributed by atoms with Gasteiger partial charge in [0.2, 0.25) is 0 Å². The number of aromatic nitrogens is 3. The van der Waals surface area contributed by atoms with E-state index in [4.69, 9.17) is 9.47 Å². The van der Waals surface area contributed by atoms with E-state index < -0.39 is 0 Å². The van der Waals surface area contributed by atoms with Crippen LogP contribution in [0.4, 0.5) is 16.8 Å². The zero-order valence-corrected chi connectivity index (χ0v) is 18.2. The van der Waals surface area contributed by atoms with Gasteiger partial charge in [-0.3, -0.25) is 9.69 Å². The number of carbonyl (C=O) groups is 2. The van der Waals surface area contributed by atoms with Crippen LogP contribution < -0.4 is 10.2 Å². The number of anilines is 3. The van der Waals surface area contributed by atoms with E-state index in [0.29, 0.717) is 34.9 Å². The molecule has 3 rings (SSSR count). The minimum Gasteiger partial charge on any atom is -0.465 e. The van der Waals surface area contributed by atoms with Crippen LogP contribution in [0.3, 0.4) is 0 Å². The van der Waals surface area contributed by atoms with Gasteiger partial charge in [0, 0.05) is 45.7 Å². The average Bonchev–Trinajstić information content (AvgIpc) is 3.16. The summed E-state index contributed by atoms with van der Waals surface area (Å²) in [5, 5.41) is 3.72. The zero-order chi connectivity index (χ0) is 21.5. The van der Waals surface area contributed by atoms with Crippen LogP contribution >= 0.6 is 11.3 Å². The Morgan fingerprint density at radius 1 is 1.20 bits per heavy atom. The predicted octanol–water partition coefficient (Wildman–Crippen LogP) is 1.85. The molecule has 3 heterocycles. The molecule has 0 saturated carbocycles. The molecule has 1 saturated heterocycles. The van der Waals surface area contributed by atoms with Crippen molar-refractivity contribution in [2.75, 3.05) is 56.2 Å². The Bertz CT molecular complexity index is 882. The maximum atomic E-state index is 11.8. The van der Waals surface area contributed by atoms with Gasteiger partial charge in [-0.15, -0.1) is 0 Å². The molecule has 10 nitrogen and oxygen atoms in total. The molecule has 1 fully saturated rings. The van der Waals surface area contributed by atoms with Crippen LogP contribution in [0.1, 0.15) is 29.3 Å². The van der Waals surface area contributed by atoms with Crippen molar-refractivity contribution >= 4 is 40.0 Å². The van der Waals surface area contributed by atoms with Crippen LogP contribution in [0.5, 0.6) is 0 Å². The van der Waals surface area contributed by atoms with E-state index in [2.05, 4.69) is 30.1 Å². The summed E-state index contributed by atoms with van der Waals surface area (Å²) in [6.45, 7) is 9.87. The number of ether oxygens (including phenoxy) is 2. The first-order chi connectivity index (χ1) is 14.4. The minimum atomic E-state index is -0.380. The lowest BCUT2D eigenvalue weighted by Crippen LogP contribution is -2.47. The normalized spacial score (nSPS) is 14.4. The number of hydrogen-bond donors (Lipinski definition) is 1. The summed E-state index contributed by atoms with van der Waals surface area (Å²) in [7, 11) is 0. The topological polar surface area (TPSA) is 110 Å².